The monoisotopic (exact) mass is 416 g/mol. The molecule has 0 aliphatic carbocycles. The van der Waals surface area contributed by atoms with E-state index in [2.05, 4.69) is 36.8 Å². The molecule has 2 aromatic rings. The summed E-state index contributed by atoms with van der Waals surface area (Å²) in [5.74, 6) is 0.0345. The molecule has 106 valence electrons. The van der Waals surface area contributed by atoms with Gasteiger partial charge in [0.25, 0.3) is 5.91 Å². The quantitative estimate of drug-likeness (QED) is 0.725. The van der Waals surface area contributed by atoms with Crippen molar-refractivity contribution in [1.82, 2.24) is 9.88 Å². The lowest BCUT2D eigenvalue weighted by atomic mass is 10.3. The van der Waals surface area contributed by atoms with Gasteiger partial charge >= 0.3 is 0 Å². The maximum atomic E-state index is 12.5. The Morgan fingerprint density at radius 3 is 2.70 bits per heavy atom. The van der Waals surface area contributed by atoms with Gasteiger partial charge in [-0.05, 0) is 63.9 Å². The third-order valence-electron chi connectivity index (χ3n) is 2.82. The van der Waals surface area contributed by atoms with Crippen LogP contribution in [-0.4, -0.2) is 22.3 Å². The second kappa shape index (κ2) is 6.83. The molecule has 20 heavy (non-hydrogen) atoms. The molecule has 0 bridgehead atoms. The second-order valence-corrected chi connectivity index (χ2v) is 7.55. The van der Waals surface area contributed by atoms with E-state index in [0.717, 1.165) is 24.5 Å². The van der Waals surface area contributed by atoms with E-state index in [9.17, 15) is 4.79 Å². The smallest absolute Gasteiger partial charge is 0.264 e. The first-order chi connectivity index (χ1) is 9.51. The van der Waals surface area contributed by atoms with Gasteiger partial charge in [-0.2, -0.15) is 0 Å². The molecule has 0 fully saturated rings. The number of halogens is 2. The van der Waals surface area contributed by atoms with Gasteiger partial charge in [-0.3, -0.25) is 9.78 Å². The number of carbonyl (C=O) groups excluding carboxylic acids is 1. The molecule has 1 amide bonds. The molecule has 3 nitrogen and oxygen atoms in total. The fourth-order valence-electron chi connectivity index (χ4n) is 1.82. The highest BCUT2D eigenvalue weighted by Crippen LogP contribution is 2.33. The van der Waals surface area contributed by atoms with Gasteiger partial charge in [-0.25, -0.2) is 0 Å². The van der Waals surface area contributed by atoms with Gasteiger partial charge in [0, 0.05) is 16.7 Å². The van der Waals surface area contributed by atoms with E-state index in [4.69, 9.17) is 0 Å². The van der Waals surface area contributed by atoms with E-state index >= 15 is 0 Å². The molecule has 0 aliphatic rings. The number of pyridine rings is 1. The molecule has 0 saturated heterocycles. The third-order valence-corrected chi connectivity index (χ3v) is 6.07. The van der Waals surface area contributed by atoms with Crippen LogP contribution in [0.3, 0.4) is 0 Å². The Hall–Kier alpha value is -0.720. The van der Waals surface area contributed by atoms with Crippen molar-refractivity contribution >= 4 is 49.1 Å². The van der Waals surface area contributed by atoms with Crippen LogP contribution in [-0.2, 0) is 6.54 Å². The highest BCUT2D eigenvalue weighted by atomic mass is 79.9. The highest BCUT2D eigenvalue weighted by molar-refractivity contribution is 9.13. The Balaban J connectivity index is 2.17. The van der Waals surface area contributed by atoms with Crippen LogP contribution in [0.4, 0.5) is 0 Å². The van der Waals surface area contributed by atoms with Gasteiger partial charge in [0.1, 0.15) is 0 Å². The summed E-state index contributed by atoms with van der Waals surface area (Å²) >= 11 is 8.27. The SMILES string of the molecule is CCN(Cc1cccc(C)n1)C(=O)c1cc(Br)c(Br)s1. The minimum atomic E-state index is 0.0345. The van der Waals surface area contributed by atoms with Crippen LogP contribution in [0, 0.1) is 6.92 Å². The van der Waals surface area contributed by atoms with Crippen molar-refractivity contribution in [2.75, 3.05) is 6.54 Å². The van der Waals surface area contributed by atoms with Crippen LogP contribution in [0.5, 0.6) is 0 Å². The maximum absolute atomic E-state index is 12.5. The largest absolute Gasteiger partial charge is 0.332 e. The molecule has 2 heterocycles. The first-order valence-electron chi connectivity index (χ1n) is 6.18. The summed E-state index contributed by atoms with van der Waals surface area (Å²) in [6, 6.07) is 7.72. The Morgan fingerprint density at radius 2 is 2.15 bits per heavy atom. The second-order valence-electron chi connectivity index (χ2n) is 4.32. The van der Waals surface area contributed by atoms with Gasteiger partial charge in [0.05, 0.1) is 20.9 Å². The van der Waals surface area contributed by atoms with Crippen LogP contribution in [0.15, 0.2) is 32.5 Å². The number of thiophene rings is 1. The summed E-state index contributed by atoms with van der Waals surface area (Å²) in [5.41, 5.74) is 1.88. The van der Waals surface area contributed by atoms with Crippen molar-refractivity contribution in [3.63, 3.8) is 0 Å². The molecule has 2 rings (SSSR count). The zero-order valence-corrected chi connectivity index (χ0v) is 15.2. The lowest BCUT2D eigenvalue weighted by Gasteiger charge is -2.19. The summed E-state index contributed by atoms with van der Waals surface area (Å²) < 4.78 is 1.85. The van der Waals surface area contributed by atoms with Crippen LogP contribution in [0.2, 0.25) is 0 Å². The number of nitrogens with zero attached hydrogens (tertiary/aromatic N) is 2. The molecule has 0 atom stereocenters. The molecule has 0 N–H and O–H groups in total. The van der Waals surface area contributed by atoms with Crippen LogP contribution in [0.25, 0.3) is 0 Å². The van der Waals surface area contributed by atoms with Crippen molar-refractivity contribution in [1.29, 1.82) is 0 Å². The summed E-state index contributed by atoms with van der Waals surface area (Å²) in [5, 5.41) is 0. The molecule has 0 saturated carbocycles. The van der Waals surface area contributed by atoms with Crippen LogP contribution < -0.4 is 0 Å². The van der Waals surface area contributed by atoms with E-state index in [0.29, 0.717) is 13.1 Å². The Morgan fingerprint density at radius 1 is 1.40 bits per heavy atom. The number of hydrogen-bond acceptors (Lipinski definition) is 3. The molecule has 2 aromatic heterocycles. The zero-order valence-electron chi connectivity index (χ0n) is 11.2. The minimum Gasteiger partial charge on any atom is -0.332 e. The molecule has 6 heteroatoms. The molecule has 0 unspecified atom stereocenters. The van der Waals surface area contributed by atoms with E-state index in [-0.39, 0.29) is 5.91 Å². The average molecular weight is 418 g/mol. The molecule has 0 spiro atoms. The maximum Gasteiger partial charge on any atom is 0.264 e. The molecular formula is C14H14Br2N2OS. The van der Waals surface area contributed by atoms with Crippen molar-refractivity contribution in [2.24, 2.45) is 0 Å². The standard InChI is InChI=1S/C14H14Br2N2OS/c1-3-18(8-10-6-4-5-9(2)17-10)14(19)12-7-11(15)13(16)20-12/h4-7H,3,8H2,1-2H3. The first-order valence-corrected chi connectivity index (χ1v) is 8.58. The van der Waals surface area contributed by atoms with Crippen molar-refractivity contribution in [3.8, 4) is 0 Å². The molecule has 0 aromatic carbocycles. The first kappa shape index (κ1) is 15.7. The number of hydrogen-bond donors (Lipinski definition) is 0. The van der Waals surface area contributed by atoms with Crippen molar-refractivity contribution in [2.45, 2.75) is 20.4 Å². The fraction of sp³-hybridized carbons (Fsp3) is 0.286. The summed E-state index contributed by atoms with van der Waals surface area (Å²) in [7, 11) is 0. The van der Waals surface area contributed by atoms with E-state index in [1.165, 1.54) is 11.3 Å². The van der Waals surface area contributed by atoms with Gasteiger partial charge < -0.3 is 4.90 Å². The zero-order chi connectivity index (χ0) is 14.7. The van der Waals surface area contributed by atoms with E-state index in [1.807, 2.05) is 38.1 Å². The van der Waals surface area contributed by atoms with Gasteiger partial charge in [-0.1, -0.05) is 6.07 Å². The summed E-state index contributed by atoms with van der Waals surface area (Å²) in [4.78, 5) is 19.5. The van der Waals surface area contributed by atoms with Crippen molar-refractivity contribution in [3.05, 3.63) is 48.8 Å². The summed E-state index contributed by atoms with van der Waals surface area (Å²) in [6.07, 6.45) is 0. The number of aryl methyl sites for hydroxylation is 1. The van der Waals surface area contributed by atoms with Crippen LogP contribution in [0.1, 0.15) is 28.0 Å². The number of carbonyl (C=O) groups is 1. The molecule has 0 aliphatic heterocycles. The van der Waals surface area contributed by atoms with Crippen LogP contribution >= 0.6 is 43.2 Å². The van der Waals surface area contributed by atoms with E-state index in [1.54, 1.807) is 4.90 Å². The molecule has 0 radical (unpaired) electrons. The lowest BCUT2D eigenvalue weighted by Crippen LogP contribution is -2.30. The summed E-state index contributed by atoms with van der Waals surface area (Å²) in [6.45, 7) is 5.12. The third kappa shape index (κ3) is 3.68. The Kier molecular flexibility index (Phi) is 5.35. The highest BCUT2D eigenvalue weighted by Gasteiger charge is 2.18. The number of rotatable bonds is 4. The topological polar surface area (TPSA) is 33.2 Å². The lowest BCUT2D eigenvalue weighted by molar-refractivity contribution is 0.0755. The number of aromatic nitrogens is 1. The van der Waals surface area contributed by atoms with Crippen molar-refractivity contribution < 1.29 is 4.79 Å². The molecular weight excluding hydrogens is 404 g/mol. The normalized spacial score (nSPS) is 10.6. The Bertz CT molecular complexity index is 608. The van der Waals surface area contributed by atoms with E-state index < -0.39 is 0 Å². The van der Waals surface area contributed by atoms with Gasteiger partial charge in [0.2, 0.25) is 0 Å². The minimum absolute atomic E-state index is 0.0345. The van der Waals surface area contributed by atoms with Gasteiger partial charge in [0.15, 0.2) is 0 Å². The fourth-order valence-corrected chi connectivity index (χ4v) is 3.82. The predicted molar refractivity (Wildman–Crippen MR) is 89.1 cm³/mol. The Labute approximate surface area is 139 Å². The number of amides is 1. The predicted octanol–water partition coefficient (Wildman–Crippen LogP) is 4.64. The van der Waals surface area contributed by atoms with Gasteiger partial charge in [-0.15, -0.1) is 11.3 Å². The average Bonchev–Trinajstić information content (AvgIpc) is 2.75.